The molecule has 2 N–H and O–H groups in total. The number of likely N-dealkylation sites (tertiary alicyclic amines) is 1. The third-order valence-electron chi connectivity index (χ3n) is 3.45. The summed E-state index contributed by atoms with van der Waals surface area (Å²) in [6, 6.07) is 0.334. The van der Waals surface area contributed by atoms with Gasteiger partial charge in [-0.1, -0.05) is 6.42 Å². The Kier molecular flexibility index (Phi) is 2.44. The van der Waals surface area contributed by atoms with Crippen molar-refractivity contribution in [1.82, 2.24) is 24.5 Å². The van der Waals surface area contributed by atoms with E-state index in [0.717, 1.165) is 18.8 Å². The van der Waals surface area contributed by atoms with Gasteiger partial charge in [0.1, 0.15) is 0 Å². The Morgan fingerprint density at radius 2 is 2.24 bits per heavy atom. The van der Waals surface area contributed by atoms with E-state index in [0.29, 0.717) is 17.5 Å². The summed E-state index contributed by atoms with van der Waals surface area (Å²) in [6.45, 7) is 1.11. The predicted octanol–water partition coefficient (Wildman–Crippen LogP) is 0.863. The van der Waals surface area contributed by atoms with E-state index < -0.39 is 0 Å². The summed E-state index contributed by atoms with van der Waals surface area (Å²) in [5, 5.41) is 8.41. The van der Waals surface area contributed by atoms with Crippen molar-refractivity contribution in [3.05, 3.63) is 18.2 Å². The fourth-order valence-electron chi connectivity index (χ4n) is 2.49. The lowest BCUT2D eigenvalue weighted by Crippen LogP contribution is -2.30. The summed E-state index contributed by atoms with van der Waals surface area (Å²) in [7, 11) is 2.13. The molecular formula is C11H16N6. The van der Waals surface area contributed by atoms with Crippen LogP contribution in [0, 0.1) is 0 Å². The lowest BCUT2D eigenvalue weighted by Gasteiger charge is -2.30. The molecule has 2 aromatic rings. The zero-order chi connectivity index (χ0) is 11.8. The minimum absolute atomic E-state index is 0.334. The zero-order valence-corrected chi connectivity index (χ0v) is 9.87. The highest BCUT2D eigenvalue weighted by Gasteiger charge is 2.25. The summed E-state index contributed by atoms with van der Waals surface area (Å²) in [4.78, 5) is 6.36. The molecule has 1 saturated heterocycles. The number of piperidine rings is 1. The molecule has 0 amide bonds. The Balaban J connectivity index is 2.08. The smallest absolute Gasteiger partial charge is 0.203 e. The van der Waals surface area contributed by atoms with Gasteiger partial charge < -0.3 is 5.73 Å². The van der Waals surface area contributed by atoms with E-state index in [1.807, 2.05) is 10.6 Å². The first-order valence-electron chi connectivity index (χ1n) is 5.93. The topological polar surface area (TPSA) is 72.3 Å². The number of hydrogen-bond donors (Lipinski definition) is 1. The van der Waals surface area contributed by atoms with Crippen LogP contribution >= 0.6 is 0 Å². The SMILES string of the molecule is CN1CCCCC1c1nnc2c(N)nccn12. The summed E-state index contributed by atoms with van der Waals surface area (Å²) < 4.78 is 1.95. The molecule has 1 atom stereocenters. The fraction of sp³-hybridized carbons (Fsp3) is 0.545. The molecule has 3 rings (SSSR count). The molecule has 0 radical (unpaired) electrons. The highest BCUT2D eigenvalue weighted by Crippen LogP contribution is 2.28. The van der Waals surface area contributed by atoms with Crippen LogP contribution in [0.15, 0.2) is 12.4 Å². The average molecular weight is 232 g/mol. The maximum absolute atomic E-state index is 5.79. The molecule has 1 aliphatic heterocycles. The standard InChI is InChI=1S/C11H16N6/c1-16-6-3-2-4-8(16)10-14-15-11-9(12)13-5-7-17(10)11/h5,7-8H,2-4,6H2,1H3,(H2,12,13). The van der Waals surface area contributed by atoms with Gasteiger partial charge in [-0.25, -0.2) is 4.98 Å². The van der Waals surface area contributed by atoms with Crippen LogP contribution in [0.3, 0.4) is 0 Å². The second-order valence-electron chi connectivity index (χ2n) is 4.56. The molecule has 6 nitrogen and oxygen atoms in total. The van der Waals surface area contributed by atoms with E-state index in [1.54, 1.807) is 6.20 Å². The van der Waals surface area contributed by atoms with E-state index in [9.17, 15) is 0 Å². The predicted molar refractivity (Wildman–Crippen MR) is 64.4 cm³/mol. The average Bonchev–Trinajstić information content (AvgIpc) is 2.75. The van der Waals surface area contributed by atoms with Gasteiger partial charge >= 0.3 is 0 Å². The third kappa shape index (κ3) is 1.64. The maximum Gasteiger partial charge on any atom is 0.203 e. The Morgan fingerprint density at radius 3 is 3.06 bits per heavy atom. The van der Waals surface area contributed by atoms with Crippen molar-refractivity contribution in [2.24, 2.45) is 0 Å². The van der Waals surface area contributed by atoms with Crippen LogP contribution in [0.5, 0.6) is 0 Å². The first kappa shape index (κ1) is 10.5. The second kappa shape index (κ2) is 3.96. The Morgan fingerprint density at radius 1 is 1.35 bits per heavy atom. The molecule has 1 fully saturated rings. The van der Waals surface area contributed by atoms with Crippen LogP contribution in [0.2, 0.25) is 0 Å². The van der Waals surface area contributed by atoms with Crippen molar-refractivity contribution >= 4 is 11.5 Å². The highest BCUT2D eigenvalue weighted by molar-refractivity contribution is 5.58. The van der Waals surface area contributed by atoms with E-state index in [-0.39, 0.29) is 0 Å². The van der Waals surface area contributed by atoms with Crippen molar-refractivity contribution in [2.75, 3.05) is 19.3 Å². The molecule has 1 aliphatic rings. The summed E-state index contributed by atoms with van der Waals surface area (Å²) in [5.41, 5.74) is 6.44. The lowest BCUT2D eigenvalue weighted by molar-refractivity contribution is 0.178. The van der Waals surface area contributed by atoms with Crippen molar-refractivity contribution in [1.29, 1.82) is 0 Å². The maximum atomic E-state index is 5.79. The first-order chi connectivity index (χ1) is 8.27. The Hall–Kier alpha value is -1.69. The quantitative estimate of drug-likeness (QED) is 0.789. The van der Waals surface area contributed by atoms with Gasteiger partial charge in [-0.05, 0) is 26.4 Å². The fourth-order valence-corrected chi connectivity index (χ4v) is 2.49. The minimum Gasteiger partial charge on any atom is -0.381 e. The van der Waals surface area contributed by atoms with Gasteiger partial charge in [0.25, 0.3) is 0 Å². The number of anilines is 1. The van der Waals surface area contributed by atoms with Gasteiger partial charge in [0.15, 0.2) is 11.6 Å². The number of aromatic nitrogens is 4. The monoisotopic (exact) mass is 232 g/mol. The van der Waals surface area contributed by atoms with Gasteiger partial charge in [0.05, 0.1) is 6.04 Å². The molecule has 90 valence electrons. The Bertz CT molecular complexity index is 534. The summed E-state index contributed by atoms with van der Waals surface area (Å²) >= 11 is 0. The number of nitrogens with zero attached hydrogens (tertiary/aromatic N) is 5. The number of rotatable bonds is 1. The van der Waals surface area contributed by atoms with Crippen LogP contribution in [0.25, 0.3) is 5.65 Å². The summed E-state index contributed by atoms with van der Waals surface area (Å²) in [6.07, 6.45) is 7.19. The molecule has 2 aromatic heterocycles. The number of nitrogen functional groups attached to an aromatic ring is 1. The molecule has 0 aliphatic carbocycles. The molecule has 1 unspecified atom stereocenters. The van der Waals surface area contributed by atoms with E-state index in [4.69, 9.17) is 5.73 Å². The van der Waals surface area contributed by atoms with E-state index in [1.165, 1.54) is 12.8 Å². The Labute approximate surface area is 99.5 Å². The molecule has 6 heteroatoms. The number of nitrogens with two attached hydrogens (primary N) is 1. The molecule has 0 aromatic carbocycles. The van der Waals surface area contributed by atoms with Crippen molar-refractivity contribution in [2.45, 2.75) is 25.3 Å². The van der Waals surface area contributed by atoms with Crippen LogP contribution in [0.4, 0.5) is 5.82 Å². The van der Waals surface area contributed by atoms with E-state index >= 15 is 0 Å². The minimum atomic E-state index is 0.334. The van der Waals surface area contributed by atoms with Gasteiger partial charge in [0.2, 0.25) is 5.65 Å². The normalized spacial score (nSPS) is 22.1. The molecule has 17 heavy (non-hydrogen) atoms. The summed E-state index contributed by atoms with van der Waals surface area (Å²) in [5.74, 6) is 1.40. The lowest BCUT2D eigenvalue weighted by atomic mass is 10.0. The first-order valence-corrected chi connectivity index (χ1v) is 5.93. The number of fused-ring (bicyclic) bond motifs is 1. The van der Waals surface area contributed by atoms with Crippen LogP contribution in [-0.2, 0) is 0 Å². The second-order valence-corrected chi connectivity index (χ2v) is 4.56. The van der Waals surface area contributed by atoms with E-state index in [2.05, 4.69) is 27.1 Å². The van der Waals surface area contributed by atoms with Crippen molar-refractivity contribution in [3.8, 4) is 0 Å². The van der Waals surface area contributed by atoms with Gasteiger partial charge in [-0.3, -0.25) is 9.30 Å². The number of hydrogen-bond acceptors (Lipinski definition) is 5. The molecule has 0 saturated carbocycles. The molecule has 3 heterocycles. The third-order valence-corrected chi connectivity index (χ3v) is 3.45. The van der Waals surface area contributed by atoms with Crippen molar-refractivity contribution < 1.29 is 0 Å². The van der Waals surface area contributed by atoms with Crippen molar-refractivity contribution in [3.63, 3.8) is 0 Å². The van der Waals surface area contributed by atoms with Crippen LogP contribution < -0.4 is 5.73 Å². The molecule has 0 spiro atoms. The largest absolute Gasteiger partial charge is 0.381 e. The van der Waals surface area contributed by atoms with Gasteiger partial charge in [-0.2, -0.15) is 0 Å². The van der Waals surface area contributed by atoms with Gasteiger partial charge in [-0.15, -0.1) is 10.2 Å². The van der Waals surface area contributed by atoms with Crippen LogP contribution in [0.1, 0.15) is 31.1 Å². The molecule has 0 bridgehead atoms. The van der Waals surface area contributed by atoms with Crippen LogP contribution in [-0.4, -0.2) is 38.1 Å². The zero-order valence-electron chi connectivity index (χ0n) is 9.87. The van der Waals surface area contributed by atoms with Gasteiger partial charge in [0, 0.05) is 12.4 Å². The molecular weight excluding hydrogens is 216 g/mol. The highest BCUT2D eigenvalue weighted by atomic mass is 15.3.